The first-order valence-electron chi connectivity index (χ1n) is 7.23. The van der Waals surface area contributed by atoms with E-state index in [1.54, 1.807) is 0 Å². The first kappa shape index (κ1) is 13.8. The number of carbonyl (C=O) groups is 1. The molecular formula is C14H27N3O. The zero-order valence-electron chi connectivity index (χ0n) is 11.9. The van der Waals surface area contributed by atoms with Crippen LogP contribution in [0.3, 0.4) is 0 Å². The van der Waals surface area contributed by atoms with Crippen molar-refractivity contribution in [3.05, 3.63) is 0 Å². The topological polar surface area (TPSA) is 58.4 Å². The fourth-order valence-electron chi connectivity index (χ4n) is 3.25. The lowest BCUT2D eigenvalue weighted by atomic mass is 9.98. The van der Waals surface area contributed by atoms with Gasteiger partial charge in [-0.25, -0.2) is 0 Å². The SMILES string of the molecule is CCC(C)(C)NC(=O)CN1C2CCC1CC(N)C2. The van der Waals surface area contributed by atoms with Crippen LogP contribution in [-0.4, -0.2) is 41.0 Å². The van der Waals surface area contributed by atoms with Crippen LogP contribution in [0.5, 0.6) is 0 Å². The summed E-state index contributed by atoms with van der Waals surface area (Å²) in [5.41, 5.74) is 5.95. The number of hydrogen-bond donors (Lipinski definition) is 2. The van der Waals surface area contributed by atoms with Crippen LogP contribution in [0.25, 0.3) is 0 Å². The van der Waals surface area contributed by atoms with E-state index in [1.807, 2.05) is 0 Å². The van der Waals surface area contributed by atoms with Crippen molar-refractivity contribution >= 4 is 5.91 Å². The molecule has 2 fully saturated rings. The van der Waals surface area contributed by atoms with Gasteiger partial charge in [-0.15, -0.1) is 0 Å². The second-order valence-electron chi connectivity index (χ2n) is 6.57. The highest BCUT2D eigenvalue weighted by Gasteiger charge is 2.40. The Hall–Kier alpha value is -0.610. The van der Waals surface area contributed by atoms with E-state index in [9.17, 15) is 4.79 Å². The number of nitrogens with one attached hydrogen (secondary N) is 1. The molecule has 2 aliphatic heterocycles. The van der Waals surface area contributed by atoms with E-state index in [4.69, 9.17) is 5.73 Å². The maximum Gasteiger partial charge on any atom is 0.234 e. The predicted octanol–water partition coefficient (Wildman–Crippen LogP) is 1.25. The molecule has 0 spiro atoms. The summed E-state index contributed by atoms with van der Waals surface area (Å²) < 4.78 is 0. The zero-order chi connectivity index (χ0) is 13.3. The van der Waals surface area contributed by atoms with Gasteiger partial charge in [0.25, 0.3) is 0 Å². The number of nitrogens with two attached hydrogens (primary N) is 1. The summed E-state index contributed by atoms with van der Waals surface area (Å²) in [7, 11) is 0. The third-order valence-electron chi connectivity index (χ3n) is 4.61. The van der Waals surface area contributed by atoms with Crippen LogP contribution >= 0.6 is 0 Å². The lowest BCUT2D eigenvalue weighted by Gasteiger charge is -2.37. The number of hydrogen-bond acceptors (Lipinski definition) is 3. The maximum atomic E-state index is 12.1. The van der Waals surface area contributed by atoms with Gasteiger partial charge in [-0.1, -0.05) is 6.92 Å². The lowest BCUT2D eigenvalue weighted by molar-refractivity contribution is -0.125. The molecule has 2 heterocycles. The molecule has 1 amide bonds. The molecule has 2 aliphatic rings. The van der Waals surface area contributed by atoms with Gasteiger partial charge in [-0.05, 0) is 46.0 Å². The fraction of sp³-hybridized carbons (Fsp3) is 0.929. The summed E-state index contributed by atoms with van der Waals surface area (Å²) >= 11 is 0. The third-order valence-corrected chi connectivity index (χ3v) is 4.61. The molecule has 0 aliphatic carbocycles. The Morgan fingerprint density at radius 1 is 1.33 bits per heavy atom. The molecule has 4 nitrogen and oxygen atoms in total. The van der Waals surface area contributed by atoms with Crippen LogP contribution in [0, 0.1) is 0 Å². The Balaban J connectivity index is 1.89. The molecule has 104 valence electrons. The van der Waals surface area contributed by atoms with Crippen molar-refractivity contribution in [2.75, 3.05) is 6.54 Å². The number of amides is 1. The van der Waals surface area contributed by atoms with Crippen molar-refractivity contribution in [3.63, 3.8) is 0 Å². The van der Waals surface area contributed by atoms with Crippen molar-refractivity contribution in [2.24, 2.45) is 5.73 Å². The normalized spacial score (nSPS) is 32.6. The van der Waals surface area contributed by atoms with Crippen molar-refractivity contribution in [1.29, 1.82) is 0 Å². The number of carbonyl (C=O) groups excluding carboxylic acids is 1. The van der Waals surface area contributed by atoms with E-state index in [-0.39, 0.29) is 11.4 Å². The first-order valence-corrected chi connectivity index (χ1v) is 7.23. The smallest absolute Gasteiger partial charge is 0.234 e. The average Bonchev–Trinajstić information content (AvgIpc) is 2.52. The summed E-state index contributed by atoms with van der Waals surface area (Å²) in [4.78, 5) is 14.5. The minimum Gasteiger partial charge on any atom is -0.350 e. The Morgan fingerprint density at radius 3 is 2.39 bits per heavy atom. The number of fused-ring (bicyclic) bond motifs is 2. The summed E-state index contributed by atoms with van der Waals surface area (Å²) in [5.74, 6) is 0.161. The fourth-order valence-corrected chi connectivity index (χ4v) is 3.25. The summed E-state index contributed by atoms with van der Waals surface area (Å²) in [6.07, 6.45) is 5.49. The van der Waals surface area contributed by atoms with Crippen molar-refractivity contribution in [3.8, 4) is 0 Å². The van der Waals surface area contributed by atoms with Crippen molar-refractivity contribution < 1.29 is 4.79 Å². The summed E-state index contributed by atoms with van der Waals surface area (Å²) in [6, 6.07) is 1.41. The Labute approximate surface area is 110 Å². The quantitative estimate of drug-likeness (QED) is 0.792. The van der Waals surface area contributed by atoms with Gasteiger partial charge in [0.15, 0.2) is 0 Å². The van der Waals surface area contributed by atoms with Crippen molar-refractivity contribution in [2.45, 2.75) is 76.5 Å². The third kappa shape index (κ3) is 3.04. The van der Waals surface area contributed by atoms with E-state index in [1.165, 1.54) is 12.8 Å². The summed E-state index contributed by atoms with van der Waals surface area (Å²) in [5, 5.41) is 3.12. The highest BCUT2D eigenvalue weighted by molar-refractivity contribution is 5.78. The van der Waals surface area contributed by atoms with E-state index in [2.05, 4.69) is 31.0 Å². The molecule has 0 aromatic carbocycles. The predicted molar refractivity (Wildman–Crippen MR) is 73.2 cm³/mol. The van der Waals surface area contributed by atoms with Gasteiger partial charge in [0, 0.05) is 23.7 Å². The maximum absolute atomic E-state index is 12.1. The molecule has 2 unspecified atom stereocenters. The highest BCUT2D eigenvalue weighted by atomic mass is 16.2. The molecule has 0 aromatic heterocycles. The minimum absolute atomic E-state index is 0.0949. The van der Waals surface area contributed by atoms with E-state index < -0.39 is 0 Å². The minimum atomic E-state index is -0.0949. The van der Waals surface area contributed by atoms with Gasteiger partial charge in [-0.2, -0.15) is 0 Å². The lowest BCUT2D eigenvalue weighted by Crippen LogP contribution is -2.53. The van der Waals surface area contributed by atoms with Crippen LogP contribution in [-0.2, 0) is 4.79 Å². The summed E-state index contributed by atoms with van der Waals surface area (Å²) in [6.45, 7) is 6.80. The van der Waals surface area contributed by atoms with Crippen LogP contribution in [0.4, 0.5) is 0 Å². The van der Waals surface area contributed by atoms with E-state index in [0.29, 0.717) is 24.7 Å². The highest BCUT2D eigenvalue weighted by Crippen LogP contribution is 2.34. The van der Waals surface area contributed by atoms with Gasteiger partial charge in [-0.3, -0.25) is 9.69 Å². The van der Waals surface area contributed by atoms with Crippen LogP contribution < -0.4 is 11.1 Å². The van der Waals surface area contributed by atoms with Gasteiger partial charge in [0.2, 0.25) is 5.91 Å². The van der Waals surface area contributed by atoms with Gasteiger partial charge in [0.05, 0.1) is 6.54 Å². The molecule has 3 N–H and O–H groups in total. The number of rotatable bonds is 4. The molecule has 0 radical (unpaired) electrons. The van der Waals surface area contributed by atoms with Crippen LogP contribution in [0.1, 0.15) is 52.9 Å². The molecular weight excluding hydrogens is 226 g/mol. The molecule has 2 rings (SSSR count). The molecule has 2 atom stereocenters. The average molecular weight is 253 g/mol. The molecule has 2 bridgehead atoms. The molecule has 0 aromatic rings. The molecule has 0 saturated carbocycles. The Kier molecular flexibility index (Phi) is 3.97. The monoisotopic (exact) mass is 253 g/mol. The number of nitrogens with zero attached hydrogens (tertiary/aromatic N) is 1. The van der Waals surface area contributed by atoms with Crippen LogP contribution in [0.15, 0.2) is 0 Å². The second-order valence-corrected chi connectivity index (χ2v) is 6.57. The first-order chi connectivity index (χ1) is 8.41. The zero-order valence-corrected chi connectivity index (χ0v) is 11.9. The second kappa shape index (κ2) is 5.17. The van der Waals surface area contributed by atoms with Gasteiger partial charge in [0.1, 0.15) is 0 Å². The standard InChI is InChI=1S/C14H27N3O/c1-4-14(2,3)16-13(18)9-17-11-5-6-12(17)8-10(15)7-11/h10-12H,4-9,15H2,1-3H3,(H,16,18). The Bertz CT molecular complexity index is 302. The molecule has 18 heavy (non-hydrogen) atoms. The Morgan fingerprint density at radius 2 is 1.89 bits per heavy atom. The largest absolute Gasteiger partial charge is 0.350 e. The van der Waals surface area contributed by atoms with E-state index >= 15 is 0 Å². The molecule has 4 heteroatoms. The van der Waals surface area contributed by atoms with Gasteiger partial charge < -0.3 is 11.1 Å². The van der Waals surface area contributed by atoms with Gasteiger partial charge >= 0.3 is 0 Å². The van der Waals surface area contributed by atoms with Crippen molar-refractivity contribution in [1.82, 2.24) is 10.2 Å². The number of piperidine rings is 1. The van der Waals surface area contributed by atoms with Crippen LogP contribution in [0.2, 0.25) is 0 Å². The molecule has 2 saturated heterocycles. The van der Waals surface area contributed by atoms with E-state index in [0.717, 1.165) is 19.3 Å².